The lowest BCUT2D eigenvalue weighted by Gasteiger charge is -2.24. The topological polar surface area (TPSA) is 76.0 Å². The first-order valence-corrected chi connectivity index (χ1v) is 9.69. The molecule has 1 unspecified atom stereocenters. The lowest BCUT2D eigenvalue weighted by Crippen LogP contribution is -2.39. The number of aryl methyl sites for hydroxylation is 2. The van der Waals surface area contributed by atoms with Crippen molar-refractivity contribution in [1.29, 1.82) is 0 Å². The van der Waals surface area contributed by atoms with Crippen LogP contribution in [0.15, 0.2) is 30.3 Å². The van der Waals surface area contributed by atoms with Gasteiger partial charge >= 0.3 is 0 Å². The summed E-state index contributed by atoms with van der Waals surface area (Å²) in [6.07, 6.45) is 1.79. The van der Waals surface area contributed by atoms with Crippen molar-refractivity contribution in [2.24, 2.45) is 7.05 Å². The van der Waals surface area contributed by atoms with Crippen LogP contribution in [0.2, 0.25) is 0 Å². The SMILES string of the molecule is Cc1nn(C)c(C)c1-c1cc(C(=O)N2CCCC2COc2ccc(F)cc2)[nH]n1. The number of hydrogen-bond donors (Lipinski definition) is 1. The molecule has 1 aliphatic rings. The van der Waals surface area contributed by atoms with Gasteiger partial charge in [0.1, 0.15) is 23.9 Å². The summed E-state index contributed by atoms with van der Waals surface area (Å²) in [6, 6.07) is 7.67. The summed E-state index contributed by atoms with van der Waals surface area (Å²) in [5.74, 6) is 0.203. The quantitative estimate of drug-likeness (QED) is 0.717. The van der Waals surface area contributed by atoms with Crippen molar-refractivity contribution in [1.82, 2.24) is 24.9 Å². The van der Waals surface area contributed by atoms with Gasteiger partial charge in [-0.2, -0.15) is 10.2 Å². The van der Waals surface area contributed by atoms with E-state index in [1.54, 1.807) is 18.2 Å². The van der Waals surface area contributed by atoms with E-state index >= 15 is 0 Å². The van der Waals surface area contributed by atoms with Crippen molar-refractivity contribution in [2.45, 2.75) is 32.7 Å². The van der Waals surface area contributed by atoms with Crippen molar-refractivity contribution in [3.05, 3.63) is 53.2 Å². The predicted octanol–water partition coefficient (Wildman–Crippen LogP) is 3.25. The van der Waals surface area contributed by atoms with Gasteiger partial charge in [0.2, 0.25) is 0 Å². The Morgan fingerprint density at radius 2 is 2.07 bits per heavy atom. The van der Waals surface area contributed by atoms with Crippen LogP contribution in [0.5, 0.6) is 5.75 Å². The van der Waals surface area contributed by atoms with Crippen LogP contribution in [0.3, 0.4) is 0 Å². The van der Waals surface area contributed by atoms with Gasteiger partial charge in [0.15, 0.2) is 0 Å². The monoisotopic (exact) mass is 397 g/mol. The number of ether oxygens (including phenoxy) is 1. The maximum atomic E-state index is 13.1. The number of carbonyl (C=O) groups is 1. The summed E-state index contributed by atoms with van der Waals surface area (Å²) in [4.78, 5) is 14.9. The maximum Gasteiger partial charge on any atom is 0.272 e. The van der Waals surface area contributed by atoms with E-state index < -0.39 is 0 Å². The zero-order chi connectivity index (χ0) is 20.5. The molecule has 8 heteroatoms. The Morgan fingerprint density at radius 3 is 2.76 bits per heavy atom. The lowest BCUT2D eigenvalue weighted by molar-refractivity contribution is 0.0685. The number of aromatic nitrogens is 4. The summed E-state index contributed by atoms with van der Waals surface area (Å²) < 4.78 is 20.6. The van der Waals surface area contributed by atoms with Crippen LogP contribution in [0.25, 0.3) is 11.3 Å². The Morgan fingerprint density at radius 1 is 1.31 bits per heavy atom. The summed E-state index contributed by atoms with van der Waals surface area (Å²) in [6.45, 7) is 4.96. The largest absolute Gasteiger partial charge is 0.491 e. The minimum atomic E-state index is -0.302. The number of aromatic amines is 1. The van der Waals surface area contributed by atoms with Crippen LogP contribution in [0.1, 0.15) is 34.7 Å². The standard InChI is InChI=1S/C21H24FN5O2/c1-13-20(14(2)26(3)25-13)18-11-19(24-23-18)21(28)27-10-4-5-16(27)12-29-17-8-6-15(22)7-9-17/h6-9,11,16H,4-5,10,12H2,1-3H3,(H,23,24). The number of nitrogens with one attached hydrogen (secondary N) is 1. The molecule has 0 saturated carbocycles. The molecule has 152 valence electrons. The van der Waals surface area contributed by atoms with Gasteiger partial charge in [-0.15, -0.1) is 0 Å². The highest BCUT2D eigenvalue weighted by atomic mass is 19.1. The summed E-state index contributed by atoms with van der Waals surface area (Å²) in [5, 5.41) is 11.6. The Bertz CT molecular complexity index is 1020. The highest BCUT2D eigenvalue weighted by molar-refractivity contribution is 5.94. The van der Waals surface area contributed by atoms with Crippen LogP contribution >= 0.6 is 0 Å². The molecule has 29 heavy (non-hydrogen) atoms. The highest BCUT2D eigenvalue weighted by Crippen LogP contribution is 2.27. The molecule has 2 aromatic heterocycles. The van der Waals surface area contributed by atoms with E-state index in [0.29, 0.717) is 24.6 Å². The number of nitrogens with zero attached hydrogens (tertiary/aromatic N) is 4. The third kappa shape index (κ3) is 3.74. The molecule has 0 bridgehead atoms. The molecule has 0 aliphatic carbocycles. The minimum Gasteiger partial charge on any atom is -0.491 e. The van der Waals surface area contributed by atoms with E-state index in [9.17, 15) is 9.18 Å². The van der Waals surface area contributed by atoms with Gasteiger partial charge < -0.3 is 9.64 Å². The molecule has 0 spiro atoms. The van der Waals surface area contributed by atoms with Gasteiger partial charge in [-0.1, -0.05) is 0 Å². The van der Waals surface area contributed by atoms with Gasteiger partial charge in [-0.05, 0) is 57.0 Å². The molecule has 1 saturated heterocycles. The molecule has 3 aromatic rings. The Balaban J connectivity index is 1.47. The van der Waals surface area contributed by atoms with Crippen LogP contribution in [-0.2, 0) is 7.05 Å². The zero-order valence-electron chi connectivity index (χ0n) is 16.8. The Hall–Kier alpha value is -3.16. The second-order valence-electron chi connectivity index (χ2n) is 7.40. The third-order valence-corrected chi connectivity index (χ3v) is 5.47. The summed E-state index contributed by atoms with van der Waals surface area (Å²) in [7, 11) is 1.89. The first-order chi connectivity index (χ1) is 13.9. The molecule has 0 radical (unpaired) electrons. The van der Waals surface area contributed by atoms with Crippen LogP contribution < -0.4 is 4.74 Å². The van der Waals surface area contributed by atoms with Crippen molar-refractivity contribution in [3.63, 3.8) is 0 Å². The molecular weight excluding hydrogens is 373 g/mol. The third-order valence-electron chi connectivity index (χ3n) is 5.47. The molecule has 3 heterocycles. The van der Waals surface area contributed by atoms with E-state index in [0.717, 1.165) is 35.5 Å². The first-order valence-electron chi connectivity index (χ1n) is 9.69. The average Bonchev–Trinajstić information content (AvgIpc) is 3.41. The first kappa shape index (κ1) is 19.2. The molecule has 1 amide bonds. The molecule has 1 N–H and O–H groups in total. The smallest absolute Gasteiger partial charge is 0.272 e. The Labute approximate surface area is 168 Å². The number of carbonyl (C=O) groups excluding carboxylic acids is 1. The number of hydrogen-bond acceptors (Lipinski definition) is 4. The molecule has 1 fully saturated rings. The molecule has 1 aromatic carbocycles. The van der Waals surface area contributed by atoms with E-state index in [4.69, 9.17) is 4.74 Å². The zero-order valence-corrected chi connectivity index (χ0v) is 16.8. The van der Waals surface area contributed by atoms with Crippen molar-refractivity contribution in [2.75, 3.05) is 13.2 Å². The number of likely N-dealkylation sites (tertiary alicyclic amines) is 1. The fourth-order valence-electron chi connectivity index (χ4n) is 3.86. The minimum absolute atomic E-state index is 0.0267. The molecule has 1 atom stereocenters. The summed E-state index contributed by atoms with van der Waals surface area (Å²) in [5.41, 5.74) is 3.99. The fraction of sp³-hybridized carbons (Fsp3) is 0.381. The van der Waals surface area contributed by atoms with Gasteiger partial charge in [-0.3, -0.25) is 14.6 Å². The maximum absolute atomic E-state index is 13.1. The summed E-state index contributed by atoms with van der Waals surface area (Å²) >= 11 is 0. The number of benzene rings is 1. The van der Waals surface area contributed by atoms with E-state index in [1.807, 2.05) is 30.5 Å². The number of halogens is 1. The van der Waals surface area contributed by atoms with Crippen molar-refractivity contribution >= 4 is 5.91 Å². The van der Waals surface area contributed by atoms with Crippen LogP contribution in [0, 0.1) is 19.7 Å². The van der Waals surface area contributed by atoms with E-state index in [2.05, 4.69) is 15.3 Å². The normalized spacial score (nSPS) is 16.4. The Kier molecular flexibility index (Phi) is 5.08. The highest BCUT2D eigenvalue weighted by Gasteiger charge is 2.31. The fourth-order valence-corrected chi connectivity index (χ4v) is 3.86. The van der Waals surface area contributed by atoms with Gasteiger partial charge in [0, 0.05) is 24.8 Å². The number of H-pyrrole nitrogens is 1. The second-order valence-corrected chi connectivity index (χ2v) is 7.40. The van der Waals surface area contributed by atoms with E-state index in [1.165, 1.54) is 12.1 Å². The van der Waals surface area contributed by atoms with Crippen molar-refractivity contribution < 1.29 is 13.9 Å². The van der Waals surface area contributed by atoms with E-state index in [-0.39, 0.29) is 17.8 Å². The number of rotatable bonds is 5. The number of amides is 1. The molecular formula is C21H24FN5O2. The molecule has 1 aliphatic heterocycles. The predicted molar refractivity (Wildman–Crippen MR) is 106 cm³/mol. The average molecular weight is 397 g/mol. The lowest BCUT2D eigenvalue weighted by atomic mass is 10.1. The molecule has 7 nitrogen and oxygen atoms in total. The van der Waals surface area contributed by atoms with Gasteiger partial charge in [0.25, 0.3) is 5.91 Å². The van der Waals surface area contributed by atoms with Gasteiger partial charge in [0.05, 0.1) is 17.4 Å². The van der Waals surface area contributed by atoms with Crippen molar-refractivity contribution in [3.8, 4) is 17.0 Å². The van der Waals surface area contributed by atoms with Crippen LogP contribution in [-0.4, -0.2) is 50.0 Å². The molecule has 4 rings (SSSR count). The van der Waals surface area contributed by atoms with Gasteiger partial charge in [-0.25, -0.2) is 4.39 Å². The second kappa shape index (κ2) is 7.69. The van der Waals surface area contributed by atoms with Crippen LogP contribution in [0.4, 0.5) is 4.39 Å².